The number of halogens is 2. The zero-order valence-corrected chi connectivity index (χ0v) is 15.9. The van der Waals surface area contributed by atoms with Gasteiger partial charge in [0.1, 0.15) is 0 Å². The maximum absolute atomic E-state index is 13.4. The molecule has 1 atom stereocenters. The van der Waals surface area contributed by atoms with Crippen LogP contribution in [0.3, 0.4) is 0 Å². The predicted octanol–water partition coefficient (Wildman–Crippen LogP) is 3.45. The van der Waals surface area contributed by atoms with E-state index in [1.807, 2.05) is 13.0 Å². The molecule has 0 saturated carbocycles. The van der Waals surface area contributed by atoms with Crippen molar-refractivity contribution in [2.75, 3.05) is 13.1 Å². The second kappa shape index (κ2) is 7.83. The van der Waals surface area contributed by atoms with Gasteiger partial charge in [0.25, 0.3) is 5.56 Å². The van der Waals surface area contributed by atoms with Gasteiger partial charge < -0.3 is 0 Å². The number of rotatable bonds is 5. The van der Waals surface area contributed by atoms with Gasteiger partial charge in [0.2, 0.25) is 0 Å². The topological polar surface area (TPSA) is 53.4 Å². The molecule has 1 aliphatic rings. The van der Waals surface area contributed by atoms with Gasteiger partial charge in [-0.25, -0.2) is 18.3 Å². The van der Waals surface area contributed by atoms with Crippen molar-refractivity contribution in [2.45, 2.75) is 39.2 Å². The molecule has 3 heterocycles. The van der Waals surface area contributed by atoms with Crippen LogP contribution in [0.1, 0.15) is 36.2 Å². The molecule has 5 nitrogen and oxygen atoms in total. The number of nitrogens with zero attached hydrogens (tertiary/aromatic N) is 3. The van der Waals surface area contributed by atoms with Gasteiger partial charge >= 0.3 is 0 Å². The highest BCUT2D eigenvalue weighted by molar-refractivity contribution is 5.39. The van der Waals surface area contributed by atoms with Gasteiger partial charge in [-0.05, 0) is 62.8 Å². The number of hydrogen-bond donors (Lipinski definition) is 1. The van der Waals surface area contributed by atoms with E-state index in [-0.39, 0.29) is 5.56 Å². The summed E-state index contributed by atoms with van der Waals surface area (Å²) in [7, 11) is 0. The van der Waals surface area contributed by atoms with E-state index in [9.17, 15) is 13.6 Å². The molecule has 0 unspecified atom stereocenters. The molecular formula is C21H24F2N4O. The van der Waals surface area contributed by atoms with Gasteiger partial charge in [-0.2, -0.15) is 0 Å². The molecular weight excluding hydrogens is 362 g/mol. The molecule has 0 spiro atoms. The SMILES string of the molecule is Cc1cc2nc(CN3CCC[C@@H](CCc4ccc(F)c(F)c4)C3)cc(=O)n2[nH]1. The number of aromatic amines is 1. The summed E-state index contributed by atoms with van der Waals surface area (Å²) in [5.74, 6) is -1.08. The molecule has 0 amide bonds. The summed E-state index contributed by atoms with van der Waals surface area (Å²) in [4.78, 5) is 19.2. The molecule has 0 bridgehead atoms. The summed E-state index contributed by atoms with van der Waals surface area (Å²) in [6.45, 7) is 4.46. The lowest BCUT2D eigenvalue weighted by atomic mass is 9.91. The number of piperidine rings is 1. The van der Waals surface area contributed by atoms with E-state index >= 15 is 0 Å². The Labute approximate surface area is 162 Å². The van der Waals surface area contributed by atoms with Gasteiger partial charge in [-0.15, -0.1) is 0 Å². The summed E-state index contributed by atoms with van der Waals surface area (Å²) in [5.41, 5.74) is 3.06. The van der Waals surface area contributed by atoms with E-state index in [0.717, 1.165) is 55.7 Å². The first-order chi connectivity index (χ1) is 13.5. The second-order valence-corrected chi connectivity index (χ2v) is 7.75. The molecule has 2 aromatic heterocycles. The summed E-state index contributed by atoms with van der Waals surface area (Å²) in [6, 6.07) is 7.60. The van der Waals surface area contributed by atoms with Crippen LogP contribution < -0.4 is 5.56 Å². The third kappa shape index (κ3) is 4.14. The Morgan fingerprint density at radius 1 is 1.21 bits per heavy atom. The first kappa shape index (κ1) is 18.8. The van der Waals surface area contributed by atoms with Crippen LogP contribution in [0.15, 0.2) is 35.1 Å². The third-order valence-electron chi connectivity index (χ3n) is 5.45. The fourth-order valence-electron chi connectivity index (χ4n) is 4.07. The molecule has 1 saturated heterocycles. The van der Waals surface area contributed by atoms with E-state index in [4.69, 9.17) is 0 Å². The lowest BCUT2D eigenvalue weighted by molar-refractivity contribution is 0.160. The van der Waals surface area contributed by atoms with Gasteiger partial charge in [0.15, 0.2) is 17.3 Å². The maximum atomic E-state index is 13.4. The number of aryl methyl sites for hydroxylation is 2. The zero-order valence-electron chi connectivity index (χ0n) is 15.9. The van der Waals surface area contributed by atoms with Crippen molar-refractivity contribution in [3.05, 3.63) is 69.3 Å². The van der Waals surface area contributed by atoms with Gasteiger partial charge in [-0.3, -0.25) is 14.8 Å². The van der Waals surface area contributed by atoms with Crippen LogP contribution in [0.5, 0.6) is 0 Å². The van der Waals surface area contributed by atoms with Crippen LogP contribution in [-0.2, 0) is 13.0 Å². The first-order valence-corrected chi connectivity index (χ1v) is 9.72. The molecule has 0 aliphatic carbocycles. The summed E-state index contributed by atoms with van der Waals surface area (Å²) < 4.78 is 27.9. The zero-order chi connectivity index (χ0) is 19.7. The number of fused-ring (bicyclic) bond motifs is 1. The van der Waals surface area contributed by atoms with Crippen LogP contribution in [-0.4, -0.2) is 32.6 Å². The second-order valence-electron chi connectivity index (χ2n) is 7.75. The highest BCUT2D eigenvalue weighted by Gasteiger charge is 2.21. The third-order valence-corrected chi connectivity index (χ3v) is 5.45. The van der Waals surface area contributed by atoms with Gasteiger partial charge in [0, 0.05) is 30.9 Å². The standard InChI is InChI=1S/C21H24F2N4O/c1-14-9-20-24-17(11-21(28)27(20)25-14)13-26-8-2-3-16(12-26)5-4-15-6-7-18(22)19(23)10-15/h6-7,9-11,16,25H,2-5,8,12-13H2,1H3/t16-/m0/s1. The highest BCUT2D eigenvalue weighted by Crippen LogP contribution is 2.23. The summed E-state index contributed by atoms with van der Waals surface area (Å²) in [6.07, 6.45) is 3.90. The number of nitrogens with one attached hydrogen (secondary N) is 1. The van der Waals surface area contributed by atoms with Crippen LogP contribution in [0, 0.1) is 24.5 Å². The normalized spacial score (nSPS) is 18.0. The molecule has 148 valence electrons. The maximum Gasteiger partial charge on any atom is 0.272 e. The molecule has 1 aliphatic heterocycles. The van der Waals surface area contributed by atoms with Crippen LogP contribution in [0.25, 0.3) is 5.65 Å². The van der Waals surface area contributed by atoms with Crippen LogP contribution in [0.4, 0.5) is 8.78 Å². The van der Waals surface area contributed by atoms with E-state index in [1.165, 1.54) is 16.6 Å². The lowest BCUT2D eigenvalue weighted by Gasteiger charge is -2.32. The minimum Gasteiger partial charge on any atom is -0.297 e. The Bertz CT molecular complexity index is 1040. The fraction of sp³-hybridized carbons (Fsp3) is 0.429. The molecule has 1 aromatic carbocycles. The average Bonchev–Trinajstić information content (AvgIpc) is 3.04. The molecule has 0 radical (unpaired) electrons. The van der Waals surface area contributed by atoms with E-state index in [1.54, 1.807) is 12.1 Å². The van der Waals surface area contributed by atoms with Crippen molar-refractivity contribution in [2.24, 2.45) is 5.92 Å². The number of likely N-dealkylation sites (tertiary alicyclic amines) is 1. The van der Waals surface area contributed by atoms with E-state index < -0.39 is 11.6 Å². The predicted molar refractivity (Wildman–Crippen MR) is 103 cm³/mol. The van der Waals surface area contributed by atoms with Crippen molar-refractivity contribution in [3.8, 4) is 0 Å². The number of hydrogen-bond acceptors (Lipinski definition) is 3. The average molecular weight is 386 g/mol. The van der Waals surface area contributed by atoms with Crippen LogP contribution >= 0.6 is 0 Å². The quantitative estimate of drug-likeness (QED) is 0.731. The summed E-state index contributed by atoms with van der Waals surface area (Å²) in [5, 5.41) is 2.98. The van der Waals surface area contributed by atoms with Crippen molar-refractivity contribution < 1.29 is 8.78 Å². The largest absolute Gasteiger partial charge is 0.297 e. The molecule has 7 heteroatoms. The lowest BCUT2D eigenvalue weighted by Crippen LogP contribution is -2.35. The number of H-pyrrole nitrogens is 1. The highest BCUT2D eigenvalue weighted by atomic mass is 19.2. The molecule has 1 fully saturated rings. The van der Waals surface area contributed by atoms with Crippen molar-refractivity contribution in [1.82, 2.24) is 19.5 Å². The van der Waals surface area contributed by atoms with E-state index in [2.05, 4.69) is 15.0 Å². The summed E-state index contributed by atoms with van der Waals surface area (Å²) >= 11 is 0. The smallest absolute Gasteiger partial charge is 0.272 e. The van der Waals surface area contributed by atoms with Crippen LogP contribution in [0.2, 0.25) is 0 Å². The fourth-order valence-corrected chi connectivity index (χ4v) is 4.07. The Balaban J connectivity index is 1.38. The number of aromatic nitrogens is 3. The Morgan fingerprint density at radius 3 is 2.89 bits per heavy atom. The molecule has 1 N–H and O–H groups in total. The van der Waals surface area contributed by atoms with Crippen molar-refractivity contribution >= 4 is 5.65 Å². The first-order valence-electron chi connectivity index (χ1n) is 9.72. The van der Waals surface area contributed by atoms with Crippen molar-refractivity contribution in [3.63, 3.8) is 0 Å². The number of benzene rings is 1. The molecule has 3 aromatic rings. The molecule has 28 heavy (non-hydrogen) atoms. The van der Waals surface area contributed by atoms with Gasteiger partial charge in [0.05, 0.1) is 5.69 Å². The Kier molecular flexibility index (Phi) is 5.26. The Hall–Kier alpha value is -2.54. The minimum absolute atomic E-state index is 0.0972. The Morgan fingerprint density at radius 2 is 2.07 bits per heavy atom. The van der Waals surface area contributed by atoms with E-state index in [0.29, 0.717) is 18.1 Å². The van der Waals surface area contributed by atoms with Crippen molar-refractivity contribution in [1.29, 1.82) is 0 Å². The van der Waals surface area contributed by atoms with Gasteiger partial charge in [-0.1, -0.05) is 6.07 Å². The molecule has 4 rings (SSSR count). The minimum atomic E-state index is -0.800. The monoisotopic (exact) mass is 386 g/mol.